The molecule has 22 heavy (non-hydrogen) atoms. The third-order valence-corrected chi connectivity index (χ3v) is 3.99. The summed E-state index contributed by atoms with van der Waals surface area (Å²) in [5.74, 6) is 2.22. The monoisotopic (exact) mass is 303 g/mol. The van der Waals surface area contributed by atoms with Crippen LogP contribution in [-0.4, -0.2) is 27.5 Å². The number of hydrogen-bond donors (Lipinski definition) is 2. The zero-order valence-corrected chi connectivity index (χ0v) is 13.5. The second-order valence-corrected chi connectivity index (χ2v) is 5.69. The molecule has 0 saturated carbocycles. The van der Waals surface area contributed by atoms with Crippen molar-refractivity contribution in [3.05, 3.63) is 36.8 Å². The first kappa shape index (κ1) is 16.4. The van der Waals surface area contributed by atoms with Gasteiger partial charge in [-0.1, -0.05) is 13.0 Å². The summed E-state index contributed by atoms with van der Waals surface area (Å²) in [5, 5.41) is 17.3. The lowest BCUT2D eigenvalue weighted by molar-refractivity contribution is 0.270. The van der Waals surface area contributed by atoms with Crippen LogP contribution in [0.5, 0.6) is 0 Å². The Bertz CT molecular complexity index is 615. The second kappa shape index (κ2) is 7.31. The van der Waals surface area contributed by atoms with Crippen molar-refractivity contribution in [2.45, 2.75) is 39.8 Å². The van der Waals surface area contributed by atoms with Gasteiger partial charge in [-0.05, 0) is 32.3 Å². The van der Waals surface area contributed by atoms with Crippen LogP contribution in [-0.2, 0) is 6.54 Å². The van der Waals surface area contributed by atoms with E-state index < -0.39 is 0 Å². The van der Waals surface area contributed by atoms with Crippen molar-refractivity contribution in [2.24, 2.45) is 5.92 Å². The number of allylic oxidation sites excluding steroid dienone is 1. The number of hydrogen-bond acceptors (Lipinski definition) is 4. The first-order chi connectivity index (χ1) is 10.6. The molecule has 2 atom stereocenters. The quantitative estimate of drug-likeness (QED) is 0.733. The summed E-state index contributed by atoms with van der Waals surface area (Å²) in [5.41, 5.74) is 1.83. The van der Waals surface area contributed by atoms with Gasteiger partial charge in [-0.3, -0.25) is 0 Å². The van der Waals surface area contributed by atoms with E-state index in [1.165, 1.54) is 0 Å². The molecule has 2 N–H and O–H groups in total. The van der Waals surface area contributed by atoms with Gasteiger partial charge in [-0.15, -0.1) is 6.58 Å². The van der Waals surface area contributed by atoms with Gasteiger partial charge in [-0.25, -0.2) is 4.68 Å². The third kappa shape index (κ3) is 3.60. The van der Waals surface area contributed by atoms with E-state index in [0.717, 1.165) is 29.3 Å². The molecule has 0 radical (unpaired) electrons. The predicted molar refractivity (Wildman–Crippen MR) is 88.8 cm³/mol. The summed E-state index contributed by atoms with van der Waals surface area (Å²) >= 11 is 0. The maximum Gasteiger partial charge on any atom is 0.125 e. The molecule has 0 saturated heterocycles. The molecule has 2 unspecified atom stereocenters. The van der Waals surface area contributed by atoms with Crippen molar-refractivity contribution in [3.8, 4) is 11.3 Å². The number of nitrogens with one attached hydrogen (secondary N) is 1. The van der Waals surface area contributed by atoms with E-state index in [2.05, 4.69) is 30.8 Å². The lowest BCUT2D eigenvalue weighted by Crippen LogP contribution is -2.25. The summed E-state index contributed by atoms with van der Waals surface area (Å²) in [6.07, 6.45) is 4.56. The summed E-state index contributed by atoms with van der Waals surface area (Å²) in [7, 11) is 0. The fourth-order valence-electron chi connectivity index (χ4n) is 2.42. The summed E-state index contributed by atoms with van der Waals surface area (Å²) in [6.45, 7) is 10.6. The molecule has 0 amide bonds. The highest BCUT2D eigenvalue weighted by Gasteiger charge is 2.16. The van der Waals surface area contributed by atoms with E-state index in [-0.39, 0.29) is 12.6 Å². The number of aliphatic hydroxyl groups is 1. The summed E-state index contributed by atoms with van der Waals surface area (Å²) < 4.78 is 7.15. The van der Waals surface area contributed by atoms with Crippen molar-refractivity contribution in [1.82, 2.24) is 9.78 Å². The molecular formula is C17H25N3O2. The largest absolute Gasteiger partial charge is 0.469 e. The second-order valence-electron chi connectivity index (χ2n) is 5.69. The van der Waals surface area contributed by atoms with Crippen LogP contribution < -0.4 is 5.32 Å². The Kier molecular flexibility index (Phi) is 5.44. The molecule has 2 rings (SSSR count). The van der Waals surface area contributed by atoms with Gasteiger partial charge in [0.2, 0.25) is 0 Å². The Labute approximate surface area is 131 Å². The number of furan rings is 1. The number of nitrogens with zero attached hydrogens (tertiary/aromatic N) is 2. The molecule has 5 heteroatoms. The molecule has 0 spiro atoms. The van der Waals surface area contributed by atoms with E-state index in [0.29, 0.717) is 12.5 Å². The molecule has 0 aliphatic carbocycles. The molecule has 0 aromatic carbocycles. The van der Waals surface area contributed by atoms with E-state index in [1.807, 2.05) is 25.1 Å². The van der Waals surface area contributed by atoms with Gasteiger partial charge in [0.25, 0.3) is 0 Å². The van der Waals surface area contributed by atoms with E-state index in [9.17, 15) is 5.11 Å². The summed E-state index contributed by atoms with van der Waals surface area (Å²) in [4.78, 5) is 0. The van der Waals surface area contributed by atoms with E-state index in [1.54, 1.807) is 10.9 Å². The molecular weight excluding hydrogens is 278 g/mol. The van der Waals surface area contributed by atoms with Gasteiger partial charge in [0.1, 0.15) is 11.6 Å². The first-order valence-electron chi connectivity index (χ1n) is 7.67. The van der Waals surface area contributed by atoms with Crippen LogP contribution in [0.1, 0.15) is 26.0 Å². The normalized spacial score (nSPS) is 13.8. The zero-order valence-electron chi connectivity index (χ0n) is 13.5. The Morgan fingerprint density at radius 2 is 2.27 bits per heavy atom. The van der Waals surface area contributed by atoms with Crippen molar-refractivity contribution in [1.29, 1.82) is 0 Å². The van der Waals surface area contributed by atoms with Gasteiger partial charge in [0, 0.05) is 17.7 Å². The first-order valence-corrected chi connectivity index (χ1v) is 7.67. The third-order valence-electron chi connectivity index (χ3n) is 3.99. The van der Waals surface area contributed by atoms with Crippen molar-refractivity contribution < 1.29 is 9.52 Å². The van der Waals surface area contributed by atoms with Crippen molar-refractivity contribution in [3.63, 3.8) is 0 Å². The molecule has 2 aromatic heterocycles. The van der Waals surface area contributed by atoms with Crippen LogP contribution in [0.15, 0.2) is 35.5 Å². The molecule has 2 heterocycles. The number of rotatable bonds is 8. The van der Waals surface area contributed by atoms with Crippen LogP contribution in [0.25, 0.3) is 11.3 Å². The van der Waals surface area contributed by atoms with E-state index >= 15 is 0 Å². The van der Waals surface area contributed by atoms with Crippen LogP contribution in [0.4, 0.5) is 5.82 Å². The number of aromatic nitrogens is 2. The average molecular weight is 303 g/mol. The maximum atomic E-state index is 9.25. The number of aliphatic hydroxyl groups excluding tert-OH is 1. The number of anilines is 1. The minimum atomic E-state index is 0.0523. The topological polar surface area (TPSA) is 63.2 Å². The Morgan fingerprint density at radius 3 is 2.86 bits per heavy atom. The standard InChI is InChI=1S/C17H25N3O2/c1-5-6-12(2)13(3)18-17-11-16(19-20(17)8-9-21)15-7-10-22-14(15)4/h5,7,10-13,18,21H,1,6,8-9H2,2-4H3. The van der Waals surface area contributed by atoms with Crippen molar-refractivity contribution in [2.75, 3.05) is 11.9 Å². The Balaban J connectivity index is 2.24. The van der Waals surface area contributed by atoms with E-state index in [4.69, 9.17) is 4.42 Å². The maximum absolute atomic E-state index is 9.25. The minimum Gasteiger partial charge on any atom is -0.469 e. The van der Waals surface area contributed by atoms with Crippen LogP contribution >= 0.6 is 0 Å². The molecule has 120 valence electrons. The molecule has 5 nitrogen and oxygen atoms in total. The minimum absolute atomic E-state index is 0.0523. The van der Waals surface area contributed by atoms with Gasteiger partial charge in [0.15, 0.2) is 0 Å². The molecule has 0 aliphatic heterocycles. The molecule has 0 bridgehead atoms. The fourth-order valence-corrected chi connectivity index (χ4v) is 2.42. The van der Waals surface area contributed by atoms with Crippen molar-refractivity contribution >= 4 is 5.82 Å². The molecule has 0 fully saturated rings. The predicted octanol–water partition coefficient (Wildman–Crippen LogP) is 3.46. The summed E-state index contributed by atoms with van der Waals surface area (Å²) in [6, 6.07) is 4.20. The van der Waals surface area contributed by atoms with Crippen LogP contribution in [0.3, 0.4) is 0 Å². The van der Waals surface area contributed by atoms with Crippen LogP contribution in [0.2, 0.25) is 0 Å². The Hall–Kier alpha value is -2.01. The highest BCUT2D eigenvalue weighted by atomic mass is 16.3. The van der Waals surface area contributed by atoms with Crippen LogP contribution in [0, 0.1) is 12.8 Å². The zero-order chi connectivity index (χ0) is 16.1. The van der Waals surface area contributed by atoms with Gasteiger partial charge in [-0.2, -0.15) is 5.10 Å². The SMILES string of the molecule is C=CCC(C)C(C)Nc1cc(-c2ccoc2C)nn1CCO. The fraction of sp³-hybridized carbons (Fsp3) is 0.471. The average Bonchev–Trinajstić information content (AvgIpc) is 3.06. The molecule has 0 aliphatic rings. The highest BCUT2D eigenvalue weighted by Crippen LogP contribution is 2.27. The molecule has 2 aromatic rings. The van der Waals surface area contributed by atoms with Gasteiger partial charge < -0.3 is 14.8 Å². The lowest BCUT2D eigenvalue weighted by atomic mass is 10.00. The highest BCUT2D eigenvalue weighted by molar-refractivity contribution is 5.64. The number of aryl methyl sites for hydroxylation is 1. The Morgan fingerprint density at radius 1 is 1.50 bits per heavy atom. The smallest absolute Gasteiger partial charge is 0.125 e. The van der Waals surface area contributed by atoms with Gasteiger partial charge in [0.05, 0.1) is 25.1 Å². The van der Waals surface area contributed by atoms with Gasteiger partial charge >= 0.3 is 0 Å². The lowest BCUT2D eigenvalue weighted by Gasteiger charge is -2.21.